The van der Waals surface area contributed by atoms with Crippen LogP contribution < -0.4 is 0 Å². The van der Waals surface area contributed by atoms with Gasteiger partial charge in [-0.2, -0.15) is 0 Å². The molecule has 0 aromatic carbocycles. The van der Waals surface area contributed by atoms with Crippen LogP contribution in [0.15, 0.2) is 11.6 Å². The van der Waals surface area contributed by atoms with Gasteiger partial charge in [0, 0.05) is 0 Å². The standard InChI is InChI=1S/C17H32/c1-14(2)11-12-16(17(3,4)5)13-15-9-7-6-8-10-15/h12,14-15H,6-11,13H2,1-5H3/b16-12+. The molecule has 17 heavy (non-hydrogen) atoms. The average molecular weight is 236 g/mol. The molecule has 0 unspecified atom stereocenters. The van der Waals surface area contributed by atoms with E-state index < -0.39 is 0 Å². The maximum atomic E-state index is 2.54. The van der Waals surface area contributed by atoms with E-state index in [0.717, 1.165) is 11.8 Å². The fourth-order valence-electron chi connectivity index (χ4n) is 2.78. The minimum atomic E-state index is 0.367. The normalized spacial score (nSPS) is 20.0. The molecule has 0 nitrogen and oxygen atoms in total. The molecule has 100 valence electrons. The quantitative estimate of drug-likeness (QED) is 0.527. The van der Waals surface area contributed by atoms with Crippen LogP contribution in [0.2, 0.25) is 0 Å². The van der Waals surface area contributed by atoms with Crippen molar-refractivity contribution in [3.8, 4) is 0 Å². The Labute approximate surface area is 109 Å². The average Bonchev–Trinajstić information content (AvgIpc) is 2.23. The van der Waals surface area contributed by atoms with Crippen LogP contribution in [0.3, 0.4) is 0 Å². The first-order chi connectivity index (χ1) is 7.89. The summed E-state index contributed by atoms with van der Waals surface area (Å²) in [5.74, 6) is 1.76. The van der Waals surface area contributed by atoms with E-state index in [2.05, 4.69) is 40.7 Å². The summed E-state index contributed by atoms with van der Waals surface area (Å²) in [5.41, 5.74) is 2.07. The van der Waals surface area contributed by atoms with Crippen molar-refractivity contribution in [2.45, 2.75) is 79.6 Å². The monoisotopic (exact) mass is 236 g/mol. The number of hydrogen-bond donors (Lipinski definition) is 0. The highest BCUT2D eigenvalue weighted by Crippen LogP contribution is 2.36. The van der Waals surface area contributed by atoms with E-state index in [4.69, 9.17) is 0 Å². The maximum Gasteiger partial charge on any atom is -0.0173 e. The van der Waals surface area contributed by atoms with Crippen molar-refractivity contribution in [1.29, 1.82) is 0 Å². The molecule has 0 N–H and O–H groups in total. The van der Waals surface area contributed by atoms with E-state index in [1.165, 1.54) is 44.9 Å². The molecule has 0 aliphatic heterocycles. The lowest BCUT2D eigenvalue weighted by Crippen LogP contribution is -2.15. The number of rotatable bonds is 4. The summed E-state index contributed by atoms with van der Waals surface area (Å²) in [5, 5.41) is 0. The van der Waals surface area contributed by atoms with Crippen LogP contribution in [0.5, 0.6) is 0 Å². The van der Waals surface area contributed by atoms with Gasteiger partial charge in [-0.1, -0.05) is 78.4 Å². The van der Waals surface area contributed by atoms with Gasteiger partial charge in [0.05, 0.1) is 0 Å². The van der Waals surface area contributed by atoms with Gasteiger partial charge in [-0.15, -0.1) is 0 Å². The van der Waals surface area contributed by atoms with Crippen LogP contribution in [0.4, 0.5) is 0 Å². The summed E-state index contributed by atoms with van der Waals surface area (Å²) in [6.45, 7) is 11.8. The lowest BCUT2D eigenvalue weighted by Gasteiger charge is -2.29. The highest BCUT2D eigenvalue weighted by molar-refractivity contribution is 5.12. The van der Waals surface area contributed by atoms with Crippen LogP contribution in [-0.4, -0.2) is 0 Å². The van der Waals surface area contributed by atoms with Crippen LogP contribution in [0.25, 0.3) is 0 Å². The third-order valence-corrected chi connectivity index (χ3v) is 4.03. The van der Waals surface area contributed by atoms with E-state index in [-0.39, 0.29) is 0 Å². The second kappa shape index (κ2) is 6.61. The zero-order valence-corrected chi connectivity index (χ0v) is 12.7. The fourth-order valence-corrected chi connectivity index (χ4v) is 2.78. The highest BCUT2D eigenvalue weighted by Gasteiger charge is 2.22. The van der Waals surface area contributed by atoms with Gasteiger partial charge in [0.15, 0.2) is 0 Å². The van der Waals surface area contributed by atoms with Crippen molar-refractivity contribution in [2.24, 2.45) is 17.3 Å². The van der Waals surface area contributed by atoms with Crippen LogP contribution >= 0.6 is 0 Å². The molecule has 0 bridgehead atoms. The number of hydrogen-bond acceptors (Lipinski definition) is 0. The lowest BCUT2D eigenvalue weighted by atomic mass is 9.76. The van der Waals surface area contributed by atoms with E-state index in [1.54, 1.807) is 5.57 Å². The Morgan fingerprint density at radius 1 is 1.12 bits per heavy atom. The summed E-state index contributed by atoms with van der Waals surface area (Å²) in [6, 6.07) is 0. The predicted octanol–water partition coefficient (Wildman–Crippen LogP) is 5.98. The topological polar surface area (TPSA) is 0 Å². The summed E-state index contributed by atoms with van der Waals surface area (Å²) in [7, 11) is 0. The van der Waals surface area contributed by atoms with Gasteiger partial charge in [-0.05, 0) is 30.1 Å². The Morgan fingerprint density at radius 3 is 2.18 bits per heavy atom. The molecule has 0 heterocycles. The molecule has 0 saturated heterocycles. The zero-order chi connectivity index (χ0) is 12.9. The van der Waals surface area contributed by atoms with Crippen LogP contribution in [0.1, 0.15) is 79.6 Å². The van der Waals surface area contributed by atoms with Crippen molar-refractivity contribution in [1.82, 2.24) is 0 Å². The van der Waals surface area contributed by atoms with Crippen molar-refractivity contribution in [2.75, 3.05) is 0 Å². The Morgan fingerprint density at radius 2 is 1.71 bits per heavy atom. The van der Waals surface area contributed by atoms with Gasteiger partial charge in [0.1, 0.15) is 0 Å². The molecule has 1 aliphatic carbocycles. The van der Waals surface area contributed by atoms with Gasteiger partial charge >= 0.3 is 0 Å². The molecular weight excluding hydrogens is 204 g/mol. The summed E-state index contributed by atoms with van der Waals surface area (Å²) in [4.78, 5) is 0. The molecule has 0 aromatic rings. The Balaban J connectivity index is 2.59. The molecule has 0 aromatic heterocycles. The first-order valence-electron chi connectivity index (χ1n) is 7.59. The fraction of sp³-hybridized carbons (Fsp3) is 0.882. The molecule has 0 amide bonds. The molecular formula is C17H32. The molecule has 1 saturated carbocycles. The third-order valence-electron chi connectivity index (χ3n) is 4.03. The molecule has 0 radical (unpaired) electrons. The van der Waals surface area contributed by atoms with Crippen molar-refractivity contribution >= 4 is 0 Å². The second-order valence-electron chi connectivity index (χ2n) is 7.32. The minimum absolute atomic E-state index is 0.367. The summed E-state index contributed by atoms with van der Waals surface area (Å²) < 4.78 is 0. The van der Waals surface area contributed by atoms with Crippen molar-refractivity contribution in [3.63, 3.8) is 0 Å². The second-order valence-corrected chi connectivity index (χ2v) is 7.32. The van der Waals surface area contributed by atoms with Gasteiger partial charge in [-0.3, -0.25) is 0 Å². The maximum absolute atomic E-state index is 2.54. The first kappa shape index (κ1) is 14.8. The summed E-state index contributed by atoms with van der Waals surface area (Å²) in [6.07, 6.45) is 12.5. The first-order valence-corrected chi connectivity index (χ1v) is 7.59. The molecule has 0 heteroatoms. The van der Waals surface area contributed by atoms with Crippen LogP contribution in [0, 0.1) is 17.3 Å². The molecule has 0 spiro atoms. The predicted molar refractivity (Wildman–Crippen MR) is 78.2 cm³/mol. The molecule has 1 rings (SSSR count). The van der Waals surface area contributed by atoms with Crippen LogP contribution in [-0.2, 0) is 0 Å². The Kier molecular flexibility index (Phi) is 5.76. The Hall–Kier alpha value is -0.260. The minimum Gasteiger partial charge on any atom is -0.0845 e. The smallest absolute Gasteiger partial charge is 0.0173 e. The lowest BCUT2D eigenvalue weighted by molar-refractivity contribution is 0.331. The van der Waals surface area contributed by atoms with E-state index in [9.17, 15) is 0 Å². The van der Waals surface area contributed by atoms with E-state index >= 15 is 0 Å². The van der Waals surface area contributed by atoms with Crippen molar-refractivity contribution < 1.29 is 0 Å². The van der Waals surface area contributed by atoms with Gasteiger partial charge in [-0.25, -0.2) is 0 Å². The van der Waals surface area contributed by atoms with Gasteiger partial charge < -0.3 is 0 Å². The third kappa shape index (κ3) is 5.75. The zero-order valence-electron chi connectivity index (χ0n) is 12.7. The largest absolute Gasteiger partial charge is 0.0845 e. The molecule has 1 aliphatic rings. The Bertz CT molecular complexity index is 233. The number of allylic oxidation sites excluding steroid dienone is 2. The van der Waals surface area contributed by atoms with E-state index in [1.807, 2.05) is 0 Å². The molecule has 1 fully saturated rings. The van der Waals surface area contributed by atoms with Crippen molar-refractivity contribution in [3.05, 3.63) is 11.6 Å². The van der Waals surface area contributed by atoms with Gasteiger partial charge in [0.25, 0.3) is 0 Å². The van der Waals surface area contributed by atoms with E-state index in [0.29, 0.717) is 5.41 Å². The molecule has 0 atom stereocenters. The van der Waals surface area contributed by atoms with Gasteiger partial charge in [0.2, 0.25) is 0 Å². The summed E-state index contributed by atoms with van der Waals surface area (Å²) >= 11 is 0. The highest BCUT2D eigenvalue weighted by atomic mass is 14.3. The SMILES string of the molecule is CC(C)C/C=C(\CC1CCCCC1)C(C)(C)C.